The van der Waals surface area contributed by atoms with E-state index in [0.717, 1.165) is 0 Å². The fourth-order valence-electron chi connectivity index (χ4n) is 3.32. The number of hydrogen-bond acceptors (Lipinski definition) is 11. The van der Waals surface area contributed by atoms with Crippen molar-refractivity contribution < 1.29 is 65.5 Å². The highest BCUT2D eigenvalue weighted by Gasteiger charge is 2.49. The number of rotatable bonds is 16. The largest absolute Gasteiger partial charge is 0.471 e. The summed E-state index contributed by atoms with van der Waals surface area (Å²) in [6.07, 6.45) is -8.68. The molecule has 0 aromatic carbocycles. The maximum absolute atomic E-state index is 12.0. The molecule has 1 heterocycles. The Kier molecular flexibility index (Phi) is 15.1. The van der Waals surface area contributed by atoms with Crippen molar-refractivity contribution in [2.24, 2.45) is 0 Å². The fourth-order valence-corrected chi connectivity index (χ4v) is 3.32. The Morgan fingerprint density at radius 2 is 1.29 bits per heavy atom. The Balaban J connectivity index is 2.32. The number of ether oxygens (including phenoxy) is 7. The van der Waals surface area contributed by atoms with Gasteiger partial charge < -0.3 is 43.8 Å². The zero-order chi connectivity index (χ0) is 28.7. The molecule has 1 unspecified atom stereocenters. The van der Waals surface area contributed by atoms with Crippen molar-refractivity contribution in [3.63, 3.8) is 0 Å². The van der Waals surface area contributed by atoms with Crippen LogP contribution in [0, 0.1) is 0 Å². The third-order valence-corrected chi connectivity index (χ3v) is 4.80. The summed E-state index contributed by atoms with van der Waals surface area (Å²) in [6.45, 7) is 5.75. The van der Waals surface area contributed by atoms with Gasteiger partial charge in [0.05, 0.1) is 52.4 Å². The first kappa shape index (κ1) is 33.5. The van der Waals surface area contributed by atoms with Gasteiger partial charge in [0.2, 0.25) is 5.91 Å². The van der Waals surface area contributed by atoms with Crippen LogP contribution in [0.4, 0.5) is 13.2 Å². The number of nitrogens with one attached hydrogen (secondary N) is 2. The van der Waals surface area contributed by atoms with Gasteiger partial charge in [0.1, 0.15) is 6.04 Å². The highest BCUT2D eigenvalue weighted by Crippen LogP contribution is 2.27. The number of carbonyl (C=O) groups excluding carboxylic acids is 4. The van der Waals surface area contributed by atoms with E-state index in [2.05, 4.69) is 5.32 Å². The number of hydrogen-bond donors (Lipinski definition) is 2. The maximum Gasteiger partial charge on any atom is 0.471 e. The van der Waals surface area contributed by atoms with E-state index in [-0.39, 0.29) is 52.8 Å². The van der Waals surface area contributed by atoms with Crippen LogP contribution in [0.1, 0.15) is 27.7 Å². The van der Waals surface area contributed by atoms with Gasteiger partial charge in [-0.2, -0.15) is 13.2 Å². The van der Waals surface area contributed by atoms with Gasteiger partial charge in [-0.05, 0) is 6.92 Å². The monoisotopic (exact) mass is 560 g/mol. The number of esters is 2. The van der Waals surface area contributed by atoms with Crippen LogP contribution in [0.2, 0.25) is 0 Å². The van der Waals surface area contributed by atoms with Crippen LogP contribution in [-0.4, -0.2) is 113 Å². The molecule has 1 aliphatic rings. The summed E-state index contributed by atoms with van der Waals surface area (Å²) >= 11 is 0. The molecule has 1 aliphatic heterocycles. The standard InChI is InChI=1S/C22H35F3N2O11/c1-13-18(37-15(3)29)19(38-16(4)30)17(27-14(2)28)20(36-13)35-12-11-34-10-9-33-8-7-32-6-5-26-21(31)22(23,24)25/h13,17-20H,5-12H2,1-4H3,(H,26,31)(H,27,28)/t13-,17-,18+,19-,20?/m1/s1. The Labute approximate surface area is 217 Å². The Morgan fingerprint density at radius 3 is 1.79 bits per heavy atom. The lowest BCUT2D eigenvalue weighted by Crippen LogP contribution is -2.65. The lowest BCUT2D eigenvalue weighted by Gasteiger charge is -2.44. The van der Waals surface area contributed by atoms with Gasteiger partial charge in [0.15, 0.2) is 18.5 Å². The second-order valence-electron chi connectivity index (χ2n) is 8.05. The lowest BCUT2D eigenvalue weighted by atomic mass is 9.96. The van der Waals surface area contributed by atoms with Crippen molar-refractivity contribution in [1.29, 1.82) is 0 Å². The minimum absolute atomic E-state index is 0.0469. The molecule has 0 aromatic rings. The molecular formula is C22H35F3N2O11. The number of amides is 2. The summed E-state index contributed by atoms with van der Waals surface area (Å²) < 4.78 is 73.8. The van der Waals surface area contributed by atoms with Crippen LogP contribution in [-0.2, 0) is 52.3 Å². The highest BCUT2D eigenvalue weighted by atomic mass is 19.4. The average molecular weight is 561 g/mol. The van der Waals surface area contributed by atoms with Crippen molar-refractivity contribution in [3.05, 3.63) is 0 Å². The van der Waals surface area contributed by atoms with Gasteiger partial charge in [-0.3, -0.25) is 19.2 Å². The molecule has 1 saturated heterocycles. The van der Waals surface area contributed by atoms with E-state index in [1.54, 1.807) is 12.2 Å². The summed E-state index contributed by atoms with van der Waals surface area (Å²) in [5, 5.41) is 4.29. The van der Waals surface area contributed by atoms with E-state index in [1.807, 2.05) is 0 Å². The Bertz CT molecular complexity index is 769. The number of halogens is 3. The fraction of sp³-hybridized carbons (Fsp3) is 0.818. The molecule has 1 rings (SSSR count). The van der Waals surface area contributed by atoms with Crippen LogP contribution >= 0.6 is 0 Å². The molecule has 0 spiro atoms. The van der Waals surface area contributed by atoms with Crippen LogP contribution in [0.25, 0.3) is 0 Å². The molecule has 5 atom stereocenters. The predicted molar refractivity (Wildman–Crippen MR) is 121 cm³/mol. The summed E-state index contributed by atoms with van der Waals surface area (Å²) in [5.41, 5.74) is 0. The van der Waals surface area contributed by atoms with Gasteiger partial charge in [0.25, 0.3) is 0 Å². The predicted octanol–water partition coefficient (Wildman–Crippen LogP) is -0.156. The molecule has 1 fully saturated rings. The van der Waals surface area contributed by atoms with Gasteiger partial charge in [0, 0.05) is 27.3 Å². The molecule has 0 aliphatic carbocycles. The third-order valence-electron chi connectivity index (χ3n) is 4.80. The van der Waals surface area contributed by atoms with E-state index < -0.39 is 60.6 Å². The normalized spacial score (nSPS) is 23.4. The van der Waals surface area contributed by atoms with Crippen LogP contribution < -0.4 is 10.6 Å². The third kappa shape index (κ3) is 13.3. The molecule has 2 N–H and O–H groups in total. The Morgan fingerprint density at radius 1 is 0.789 bits per heavy atom. The minimum Gasteiger partial charge on any atom is -0.456 e. The quantitative estimate of drug-likeness (QED) is 0.191. The van der Waals surface area contributed by atoms with Crippen molar-refractivity contribution >= 4 is 23.8 Å². The molecule has 13 nitrogen and oxygen atoms in total. The van der Waals surface area contributed by atoms with Crippen molar-refractivity contribution in [2.75, 3.05) is 52.8 Å². The SMILES string of the molecule is CC(=O)N[C@H]1C(OCCOCCOCCOCCNC(=O)C(F)(F)F)O[C@H](C)[C@H](OC(C)=O)[C@@H]1OC(C)=O. The molecule has 0 saturated carbocycles. The zero-order valence-corrected chi connectivity index (χ0v) is 21.7. The molecule has 0 radical (unpaired) electrons. The summed E-state index contributed by atoms with van der Waals surface area (Å²) in [4.78, 5) is 45.6. The van der Waals surface area contributed by atoms with E-state index in [9.17, 15) is 32.3 Å². The van der Waals surface area contributed by atoms with Gasteiger partial charge in [-0.1, -0.05) is 0 Å². The second-order valence-corrected chi connectivity index (χ2v) is 8.05. The van der Waals surface area contributed by atoms with E-state index >= 15 is 0 Å². The first-order valence-corrected chi connectivity index (χ1v) is 11.8. The molecule has 38 heavy (non-hydrogen) atoms. The van der Waals surface area contributed by atoms with E-state index in [0.29, 0.717) is 0 Å². The number of carbonyl (C=O) groups is 4. The van der Waals surface area contributed by atoms with Crippen LogP contribution in [0.3, 0.4) is 0 Å². The molecule has 0 aromatic heterocycles. The number of alkyl halides is 3. The zero-order valence-electron chi connectivity index (χ0n) is 21.7. The van der Waals surface area contributed by atoms with E-state index in [4.69, 9.17) is 33.2 Å². The van der Waals surface area contributed by atoms with Crippen molar-refractivity contribution in [1.82, 2.24) is 10.6 Å². The topological polar surface area (TPSA) is 157 Å². The first-order chi connectivity index (χ1) is 17.8. The van der Waals surface area contributed by atoms with Gasteiger partial charge >= 0.3 is 24.0 Å². The van der Waals surface area contributed by atoms with Crippen LogP contribution in [0.5, 0.6) is 0 Å². The smallest absolute Gasteiger partial charge is 0.456 e. The molecule has 2 amide bonds. The lowest BCUT2D eigenvalue weighted by molar-refractivity contribution is -0.269. The molecule has 220 valence electrons. The van der Waals surface area contributed by atoms with Gasteiger partial charge in [-0.25, -0.2) is 0 Å². The molecule has 16 heteroatoms. The summed E-state index contributed by atoms with van der Waals surface area (Å²) in [5.74, 6) is -3.72. The van der Waals surface area contributed by atoms with E-state index in [1.165, 1.54) is 20.8 Å². The van der Waals surface area contributed by atoms with Gasteiger partial charge in [-0.15, -0.1) is 0 Å². The highest BCUT2D eigenvalue weighted by molar-refractivity contribution is 5.81. The first-order valence-electron chi connectivity index (χ1n) is 11.8. The van der Waals surface area contributed by atoms with Crippen molar-refractivity contribution in [2.45, 2.75) is 64.5 Å². The van der Waals surface area contributed by atoms with Crippen molar-refractivity contribution in [3.8, 4) is 0 Å². The second kappa shape index (κ2) is 17.1. The maximum atomic E-state index is 12.0. The minimum atomic E-state index is -4.93. The summed E-state index contributed by atoms with van der Waals surface area (Å²) in [7, 11) is 0. The Hall–Kier alpha value is -2.53. The molecular weight excluding hydrogens is 525 g/mol. The van der Waals surface area contributed by atoms with Crippen LogP contribution in [0.15, 0.2) is 0 Å². The molecule has 0 bridgehead atoms. The summed E-state index contributed by atoms with van der Waals surface area (Å²) in [6, 6.07) is -0.956. The average Bonchev–Trinajstić information content (AvgIpc) is 2.79.